The third-order valence-electron chi connectivity index (χ3n) is 4.73. The third kappa shape index (κ3) is 3.44. The Morgan fingerprint density at radius 2 is 2.22 bits per heavy atom. The third-order valence-corrected chi connectivity index (χ3v) is 6.24. The maximum atomic E-state index is 12.5. The molecule has 4 rings (SSSR count). The number of hydrogen-bond acceptors (Lipinski definition) is 6. The Labute approximate surface area is 166 Å². The first-order valence-electron chi connectivity index (χ1n) is 8.49. The van der Waals surface area contributed by atoms with Crippen LogP contribution in [0.5, 0.6) is 5.75 Å². The highest BCUT2D eigenvalue weighted by atomic mass is 32.2. The fourth-order valence-electron chi connectivity index (χ4n) is 3.18. The molecule has 7 nitrogen and oxygen atoms in total. The standard InChI is InChI=1S/C18H18N4O3S2/c1-8-9(2)27-18-14(8)16(23)21-15(22-18)17(24)19-6-10-3-4-12-11(5-10)20-13(26)7-25-12/h3-5,14,18H,6-7H2,1-2H3,(H,19,24)(H,20,26)(H,21,22,23). The average molecular weight is 403 g/mol. The topological polar surface area (TPSA) is 91.8 Å². The van der Waals surface area contributed by atoms with Crippen LogP contribution in [0.4, 0.5) is 5.69 Å². The van der Waals surface area contributed by atoms with Crippen molar-refractivity contribution in [3.63, 3.8) is 0 Å². The zero-order chi connectivity index (χ0) is 19.1. The number of thioether (sulfide) groups is 1. The molecule has 27 heavy (non-hydrogen) atoms. The van der Waals surface area contributed by atoms with E-state index in [9.17, 15) is 9.59 Å². The smallest absolute Gasteiger partial charge is 0.287 e. The molecule has 0 bridgehead atoms. The van der Waals surface area contributed by atoms with Gasteiger partial charge in [-0.2, -0.15) is 0 Å². The SMILES string of the molecule is CC1=C(C)C2C(=O)NC(C(=O)NCc3ccc4c(c3)NC(=S)CO4)=NC2S1. The van der Waals surface area contributed by atoms with Crippen molar-refractivity contribution in [3.8, 4) is 5.75 Å². The summed E-state index contributed by atoms with van der Waals surface area (Å²) in [5, 5.41) is 8.27. The molecule has 2 amide bonds. The Morgan fingerprint density at radius 1 is 1.41 bits per heavy atom. The highest BCUT2D eigenvalue weighted by molar-refractivity contribution is 8.04. The minimum absolute atomic E-state index is 0.0665. The molecule has 0 radical (unpaired) electrons. The van der Waals surface area contributed by atoms with Gasteiger partial charge in [0.05, 0.1) is 11.6 Å². The van der Waals surface area contributed by atoms with Crippen molar-refractivity contribution in [2.24, 2.45) is 10.9 Å². The van der Waals surface area contributed by atoms with Gasteiger partial charge in [0.2, 0.25) is 5.91 Å². The molecule has 2 unspecified atom stereocenters. The highest BCUT2D eigenvalue weighted by Gasteiger charge is 2.41. The number of thiocarbonyl (C=S) groups is 1. The Balaban J connectivity index is 1.43. The maximum Gasteiger partial charge on any atom is 0.287 e. The van der Waals surface area contributed by atoms with Gasteiger partial charge in [-0.1, -0.05) is 18.3 Å². The number of amides is 2. The molecule has 3 aliphatic heterocycles. The molecular weight excluding hydrogens is 384 g/mol. The Morgan fingerprint density at radius 3 is 3.04 bits per heavy atom. The van der Waals surface area contributed by atoms with Gasteiger partial charge in [0, 0.05) is 6.54 Å². The van der Waals surface area contributed by atoms with E-state index in [1.807, 2.05) is 32.0 Å². The number of hydrogen-bond donors (Lipinski definition) is 3. The number of carbonyl (C=O) groups is 2. The van der Waals surface area contributed by atoms with Gasteiger partial charge in [-0.3, -0.25) is 9.59 Å². The van der Waals surface area contributed by atoms with E-state index < -0.39 is 5.91 Å². The molecule has 0 aliphatic carbocycles. The van der Waals surface area contributed by atoms with Crippen LogP contribution in [-0.2, 0) is 16.1 Å². The predicted molar refractivity (Wildman–Crippen MR) is 109 cm³/mol. The lowest BCUT2D eigenvalue weighted by Gasteiger charge is -2.24. The average Bonchev–Trinajstić information content (AvgIpc) is 2.93. The van der Waals surface area contributed by atoms with Gasteiger partial charge in [0.15, 0.2) is 5.84 Å². The largest absolute Gasteiger partial charge is 0.484 e. The molecule has 1 aromatic carbocycles. The number of allylic oxidation sites excluding steroid dienone is 1. The van der Waals surface area contributed by atoms with E-state index in [1.54, 1.807) is 0 Å². The van der Waals surface area contributed by atoms with Crippen molar-refractivity contribution in [2.45, 2.75) is 25.8 Å². The summed E-state index contributed by atoms with van der Waals surface area (Å²) in [6.45, 7) is 4.58. The van der Waals surface area contributed by atoms with Crippen LogP contribution in [0.15, 0.2) is 33.7 Å². The van der Waals surface area contributed by atoms with Gasteiger partial charge < -0.3 is 20.7 Å². The number of anilines is 1. The Bertz CT molecular complexity index is 925. The van der Waals surface area contributed by atoms with E-state index in [1.165, 1.54) is 11.8 Å². The molecule has 0 spiro atoms. The van der Waals surface area contributed by atoms with Gasteiger partial charge >= 0.3 is 0 Å². The molecule has 0 saturated carbocycles. The minimum atomic E-state index is -0.401. The van der Waals surface area contributed by atoms with Crippen molar-refractivity contribution in [2.75, 3.05) is 11.9 Å². The van der Waals surface area contributed by atoms with Gasteiger partial charge in [-0.15, -0.1) is 11.8 Å². The molecule has 9 heteroatoms. The monoisotopic (exact) mass is 402 g/mol. The molecule has 2 atom stereocenters. The van der Waals surface area contributed by atoms with Gasteiger partial charge in [-0.05, 0) is 42.0 Å². The van der Waals surface area contributed by atoms with Gasteiger partial charge in [-0.25, -0.2) is 4.99 Å². The first kappa shape index (κ1) is 18.0. The van der Waals surface area contributed by atoms with Crippen LogP contribution in [0.3, 0.4) is 0 Å². The van der Waals surface area contributed by atoms with E-state index in [0.717, 1.165) is 27.5 Å². The van der Waals surface area contributed by atoms with Crippen molar-refractivity contribution in [1.82, 2.24) is 10.6 Å². The molecule has 3 aliphatic rings. The summed E-state index contributed by atoms with van der Waals surface area (Å²) in [6.07, 6.45) is 0. The lowest BCUT2D eigenvalue weighted by atomic mass is 9.98. The summed E-state index contributed by atoms with van der Waals surface area (Å²) >= 11 is 6.64. The Kier molecular flexibility index (Phi) is 4.65. The summed E-state index contributed by atoms with van der Waals surface area (Å²) in [6, 6.07) is 5.58. The first-order valence-corrected chi connectivity index (χ1v) is 9.77. The number of nitrogens with zero attached hydrogens (tertiary/aromatic N) is 1. The summed E-state index contributed by atoms with van der Waals surface area (Å²) < 4.78 is 5.52. The second kappa shape index (κ2) is 6.97. The van der Waals surface area contributed by atoms with Crippen LogP contribution in [0.1, 0.15) is 19.4 Å². The molecule has 3 N–H and O–H groups in total. The van der Waals surface area contributed by atoms with Crippen LogP contribution in [0.2, 0.25) is 0 Å². The number of nitrogens with one attached hydrogen (secondary N) is 3. The lowest BCUT2D eigenvalue weighted by molar-refractivity contribution is -0.124. The van der Waals surface area contributed by atoms with E-state index in [2.05, 4.69) is 20.9 Å². The maximum absolute atomic E-state index is 12.5. The van der Waals surface area contributed by atoms with Crippen molar-refractivity contribution >= 4 is 52.3 Å². The fraction of sp³-hybridized carbons (Fsp3) is 0.333. The number of amidine groups is 1. The summed E-state index contributed by atoms with van der Waals surface area (Å²) in [5.41, 5.74) is 2.68. The van der Waals surface area contributed by atoms with Crippen LogP contribution in [-0.4, -0.2) is 34.6 Å². The number of ether oxygens (including phenoxy) is 1. The van der Waals surface area contributed by atoms with Gasteiger partial charge in [0.25, 0.3) is 5.91 Å². The molecule has 140 valence electrons. The molecule has 1 aromatic rings. The second-order valence-corrected chi connectivity index (χ2v) is 8.37. The summed E-state index contributed by atoms with van der Waals surface area (Å²) in [7, 11) is 0. The van der Waals surface area contributed by atoms with Crippen molar-refractivity contribution < 1.29 is 14.3 Å². The normalized spacial score (nSPS) is 23.6. The summed E-state index contributed by atoms with van der Waals surface area (Å²) in [5.74, 6) is -0.0724. The molecular formula is C18H18N4O3S2. The van der Waals surface area contributed by atoms with Crippen LogP contribution in [0, 0.1) is 5.92 Å². The second-order valence-electron chi connectivity index (χ2n) is 6.54. The lowest BCUT2D eigenvalue weighted by Crippen LogP contribution is -2.50. The highest BCUT2D eigenvalue weighted by Crippen LogP contribution is 2.43. The van der Waals surface area contributed by atoms with E-state index in [0.29, 0.717) is 18.1 Å². The quantitative estimate of drug-likeness (QED) is 0.670. The van der Waals surface area contributed by atoms with Crippen LogP contribution >= 0.6 is 24.0 Å². The molecule has 0 aromatic heterocycles. The molecule has 0 fully saturated rings. The number of fused-ring (bicyclic) bond motifs is 2. The zero-order valence-electron chi connectivity index (χ0n) is 14.8. The molecule has 3 heterocycles. The van der Waals surface area contributed by atoms with Crippen molar-refractivity contribution in [3.05, 3.63) is 34.2 Å². The van der Waals surface area contributed by atoms with Crippen molar-refractivity contribution in [1.29, 1.82) is 0 Å². The zero-order valence-corrected chi connectivity index (χ0v) is 16.4. The molecule has 0 saturated heterocycles. The minimum Gasteiger partial charge on any atom is -0.484 e. The summed E-state index contributed by atoms with van der Waals surface area (Å²) in [4.78, 5) is 31.0. The van der Waals surface area contributed by atoms with Crippen LogP contribution < -0.4 is 20.7 Å². The van der Waals surface area contributed by atoms with E-state index in [-0.39, 0.29) is 23.0 Å². The van der Waals surface area contributed by atoms with Crippen LogP contribution in [0.25, 0.3) is 0 Å². The van der Waals surface area contributed by atoms with Gasteiger partial charge in [0.1, 0.15) is 22.7 Å². The predicted octanol–water partition coefficient (Wildman–Crippen LogP) is 1.95. The number of rotatable bonds is 3. The Hall–Kier alpha value is -2.39. The number of aliphatic imine (C=N–C) groups is 1. The number of benzene rings is 1. The first-order chi connectivity index (χ1) is 12.9. The van der Waals surface area contributed by atoms with E-state index in [4.69, 9.17) is 17.0 Å². The fourth-order valence-corrected chi connectivity index (χ4v) is 4.64. The number of carbonyl (C=O) groups excluding carboxylic acids is 2. The van der Waals surface area contributed by atoms with E-state index >= 15 is 0 Å².